The highest BCUT2D eigenvalue weighted by Crippen LogP contribution is 2.33. The maximum Gasteiger partial charge on any atom is 0.259 e. The van der Waals surface area contributed by atoms with Gasteiger partial charge in [-0.15, -0.1) is 0 Å². The molecule has 1 amide bonds. The number of rotatable bonds is 6. The van der Waals surface area contributed by atoms with Gasteiger partial charge in [0, 0.05) is 31.8 Å². The summed E-state index contributed by atoms with van der Waals surface area (Å²) in [6.07, 6.45) is 4.87. The Bertz CT molecular complexity index is 871. The number of amides is 1. The van der Waals surface area contributed by atoms with Crippen molar-refractivity contribution in [1.29, 1.82) is 0 Å². The summed E-state index contributed by atoms with van der Waals surface area (Å²) in [5, 5.41) is 1.15. The number of nitrogens with zero attached hydrogens (tertiary/aromatic N) is 2. The van der Waals surface area contributed by atoms with Crippen LogP contribution in [0.5, 0.6) is 11.5 Å². The summed E-state index contributed by atoms with van der Waals surface area (Å²) >= 11 is 0. The number of hydrogen-bond donors (Lipinski definition) is 0. The van der Waals surface area contributed by atoms with Gasteiger partial charge in [-0.05, 0) is 37.5 Å². The van der Waals surface area contributed by atoms with Crippen LogP contribution in [-0.2, 0) is 16.1 Å². The molecular formula is C20H26N2O5. The average molecular weight is 374 g/mol. The summed E-state index contributed by atoms with van der Waals surface area (Å²) in [7, 11) is 4.84. The van der Waals surface area contributed by atoms with Gasteiger partial charge in [-0.1, -0.05) is 0 Å². The predicted molar refractivity (Wildman–Crippen MR) is 103 cm³/mol. The van der Waals surface area contributed by atoms with Gasteiger partial charge in [0.05, 0.1) is 25.7 Å². The molecule has 1 atom stereocenters. The van der Waals surface area contributed by atoms with E-state index in [0.717, 1.165) is 25.9 Å². The van der Waals surface area contributed by atoms with Crippen LogP contribution < -0.4 is 15.0 Å². The zero-order valence-corrected chi connectivity index (χ0v) is 16.1. The third-order valence-corrected chi connectivity index (χ3v) is 4.98. The minimum Gasteiger partial charge on any atom is -0.493 e. The van der Waals surface area contributed by atoms with Gasteiger partial charge in [-0.2, -0.15) is 0 Å². The molecule has 0 N–H and O–H groups in total. The normalized spacial score (nSPS) is 16.9. The second-order valence-corrected chi connectivity index (χ2v) is 6.77. The topological polar surface area (TPSA) is 70.0 Å². The lowest BCUT2D eigenvalue weighted by Crippen LogP contribution is -2.40. The number of ether oxygens (including phenoxy) is 3. The Kier molecular flexibility index (Phi) is 6.01. The van der Waals surface area contributed by atoms with E-state index in [1.165, 1.54) is 11.7 Å². The van der Waals surface area contributed by atoms with Gasteiger partial charge < -0.3 is 23.7 Å². The Balaban J connectivity index is 1.79. The number of hydrogen-bond acceptors (Lipinski definition) is 5. The smallest absolute Gasteiger partial charge is 0.259 e. The van der Waals surface area contributed by atoms with Crippen molar-refractivity contribution in [2.24, 2.45) is 0 Å². The fourth-order valence-electron chi connectivity index (χ4n) is 3.44. The Morgan fingerprint density at radius 2 is 2.04 bits per heavy atom. The van der Waals surface area contributed by atoms with Crippen molar-refractivity contribution in [3.8, 4) is 11.5 Å². The third kappa shape index (κ3) is 4.08. The second kappa shape index (κ2) is 8.43. The monoisotopic (exact) mass is 374 g/mol. The summed E-state index contributed by atoms with van der Waals surface area (Å²) < 4.78 is 17.8. The van der Waals surface area contributed by atoms with E-state index in [0.29, 0.717) is 28.8 Å². The SMILES string of the molecule is COc1ccc2c(=O)n(CC(=O)N(C)C[C@H]3CCCCO3)ccc2c1OC. The zero-order chi connectivity index (χ0) is 19.4. The molecule has 1 fully saturated rings. The first-order chi connectivity index (χ1) is 13.0. The molecule has 1 aromatic carbocycles. The molecule has 1 aliphatic rings. The predicted octanol–water partition coefficient (Wildman–Crippen LogP) is 2.05. The zero-order valence-electron chi connectivity index (χ0n) is 16.1. The molecule has 0 saturated carbocycles. The van der Waals surface area contributed by atoms with Crippen LogP contribution in [0.25, 0.3) is 10.8 Å². The van der Waals surface area contributed by atoms with Gasteiger partial charge in [-0.25, -0.2) is 0 Å². The largest absolute Gasteiger partial charge is 0.493 e. The Hall–Kier alpha value is -2.54. The molecule has 2 heterocycles. The van der Waals surface area contributed by atoms with Crippen LogP contribution in [0.3, 0.4) is 0 Å². The van der Waals surface area contributed by atoms with Crippen LogP contribution in [0, 0.1) is 0 Å². The van der Waals surface area contributed by atoms with Crippen molar-refractivity contribution in [2.75, 3.05) is 34.4 Å². The fourth-order valence-corrected chi connectivity index (χ4v) is 3.44. The highest BCUT2D eigenvalue weighted by molar-refractivity contribution is 5.90. The van der Waals surface area contributed by atoms with E-state index in [-0.39, 0.29) is 24.1 Å². The minimum atomic E-state index is -0.232. The van der Waals surface area contributed by atoms with Gasteiger partial charge in [0.25, 0.3) is 5.56 Å². The first-order valence-corrected chi connectivity index (χ1v) is 9.15. The van der Waals surface area contributed by atoms with Gasteiger partial charge in [-0.3, -0.25) is 9.59 Å². The van der Waals surface area contributed by atoms with Gasteiger partial charge in [0.1, 0.15) is 6.54 Å². The Labute approximate surface area is 158 Å². The van der Waals surface area contributed by atoms with Crippen molar-refractivity contribution < 1.29 is 19.0 Å². The summed E-state index contributed by atoms with van der Waals surface area (Å²) in [5.74, 6) is 0.952. The molecule has 0 radical (unpaired) electrons. The lowest BCUT2D eigenvalue weighted by atomic mass is 10.1. The standard InChI is InChI=1S/C20H26N2O5/c1-21(12-14-6-4-5-11-27-14)18(23)13-22-10-9-15-16(20(22)24)7-8-17(25-2)19(15)26-3/h7-10,14H,4-6,11-13H2,1-3H3/t14-/m1/s1. The molecule has 1 saturated heterocycles. The Morgan fingerprint density at radius 1 is 1.22 bits per heavy atom. The maximum absolute atomic E-state index is 12.8. The van der Waals surface area contributed by atoms with Crippen molar-refractivity contribution in [3.63, 3.8) is 0 Å². The van der Waals surface area contributed by atoms with Crippen LogP contribution in [0.1, 0.15) is 19.3 Å². The van der Waals surface area contributed by atoms with Crippen LogP contribution in [0.4, 0.5) is 0 Å². The summed E-state index contributed by atoms with van der Waals surface area (Å²) in [4.78, 5) is 27.0. The molecule has 27 heavy (non-hydrogen) atoms. The van der Waals surface area contributed by atoms with Crippen LogP contribution in [-0.4, -0.2) is 55.9 Å². The number of aromatic nitrogens is 1. The van der Waals surface area contributed by atoms with E-state index >= 15 is 0 Å². The summed E-state index contributed by atoms with van der Waals surface area (Å²) in [6, 6.07) is 5.16. The number of likely N-dealkylation sites (N-methyl/N-ethyl adjacent to an activating group) is 1. The minimum absolute atomic E-state index is 0.00760. The van der Waals surface area contributed by atoms with Crippen molar-refractivity contribution >= 4 is 16.7 Å². The number of methoxy groups -OCH3 is 2. The molecule has 1 aliphatic heterocycles. The van der Waals surface area contributed by atoms with E-state index in [4.69, 9.17) is 14.2 Å². The van der Waals surface area contributed by atoms with Gasteiger partial charge >= 0.3 is 0 Å². The number of benzene rings is 1. The van der Waals surface area contributed by atoms with Crippen molar-refractivity contribution in [3.05, 3.63) is 34.7 Å². The van der Waals surface area contributed by atoms with E-state index in [2.05, 4.69) is 0 Å². The molecule has 0 aliphatic carbocycles. The molecule has 0 bridgehead atoms. The molecule has 1 aromatic heterocycles. The van der Waals surface area contributed by atoms with Crippen molar-refractivity contribution in [1.82, 2.24) is 9.47 Å². The molecule has 3 rings (SSSR count). The first kappa shape index (κ1) is 19.2. The summed E-state index contributed by atoms with van der Waals surface area (Å²) in [6.45, 7) is 1.29. The maximum atomic E-state index is 12.8. The molecule has 7 nitrogen and oxygen atoms in total. The molecule has 7 heteroatoms. The molecule has 146 valence electrons. The van der Waals surface area contributed by atoms with Crippen LogP contribution in [0.15, 0.2) is 29.2 Å². The van der Waals surface area contributed by atoms with E-state index in [1.807, 2.05) is 0 Å². The lowest BCUT2D eigenvalue weighted by Gasteiger charge is -2.27. The quantitative estimate of drug-likeness (QED) is 0.774. The molecule has 0 spiro atoms. The van der Waals surface area contributed by atoms with E-state index in [1.54, 1.807) is 43.5 Å². The van der Waals surface area contributed by atoms with E-state index in [9.17, 15) is 9.59 Å². The van der Waals surface area contributed by atoms with Crippen LogP contribution >= 0.6 is 0 Å². The lowest BCUT2D eigenvalue weighted by molar-refractivity contribution is -0.133. The van der Waals surface area contributed by atoms with Crippen LogP contribution in [0.2, 0.25) is 0 Å². The average Bonchev–Trinajstić information content (AvgIpc) is 2.69. The number of pyridine rings is 1. The number of fused-ring (bicyclic) bond motifs is 1. The van der Waals surface area contributed by atoms with E-state index < -0.39 is 0 Å². The van der Waals surface area contributed by atoms with Gasteiger partial charge in [0.15, 0.2) is 11.5 Å². The van der Waals surface area contributed by atoms with Crippen molar-refractivity contribution in [2.45, 2.75) is 31.9 Å². The van der Waals surface area contributed by atoms with Gasteiger partial charge in [0.2, 0.25) is 5.91 Å². The third-order valence-electron chi connectivity index (χ3n) is 4.98. The second-order valence-electron chi connectivity index (χ2n) is 6.77. The highest BCUT2D eigenvalue weighted by atomic mass is 16.5. The number of carbonyl (C=O) groups is 1. The number of carbonyl (C=O) groups excluding carboxylic acids is 1. The first-order valence-electron chi connectivity index (χ1n) is 9.15. The molecule has 2 aromatic rings. The highest BCUT2D eigenvalue weighted by Gasteiger charge is 2.20. The fraction of sp³-hybridized carbons (Fsp3) is 0.500. The molecular weight excluding hydrogens is 348 g/mol. The molecule has 0 unspecified atom stereocenters. The summed E-state index contributed by atoms with van der Waals surface area (Å²) in [5.41, 5.74) is -0.232. The Morgan fingerprint density at radius 3 is 2.70 bits per heavy atom.